The van der Waals surface area contributed by atoms with E-state index in [9.17, 15) is 23.5 Å². The first-order valence-corrected chi connectivity index (χ1v) is 8.88. The van der Waals surface area contributed by atoms with Gasteiger partial charge in [0.15, 0.2) is 5.78 Å². The van der Waals surface area contributed by atoms with Crippen molar-refractivity contribution in [3.8, 4) is 0 Å². The van der Waals surface area contributed by atoms with E-state index >= 15 is 0 Å². The Hall–Kier alpha value is -3.54. The fourth-order valence-corrected chi connectivity index (χ4v) is 2.43. The van der Waals surface area contributed by atoms with Crippen LogP contribution >= 0.6 is 0 Å². The third-order valence-corrected chi connectivity index (χ3v) is 3.79. The average Bonchev–Trinajstić information content (AvgIpc) is 2.69. The van der Waals surface area contributed by atoms with Crippen LogP contribution in [0.5, 0.6) is 0 Å². The first-order chi connectivity index (χ1) is 13.9. The van der Waals surface area contributed by atoms with E-state index in [1.807, 2.05) is 0 Å². The first-order valence-electron chi connectivity index (χ1n) is 8.88. The zero-order valence-electron chi connectivity index (χ0n) is 15.8. The lowest BCUT2D eigenvalue weighted by molar-refractivity contribution is -0.142. The molecule has 0 heterocycles. The van der Waals surface area contributed by atoms with Crippen LogP contribution in [0, 0.1) is 11.6 Å². The van der Waals surface area contributed by atoms with Crippen molar-refractivity contribution in [2.75, 3.05) is 6.61 Å². The minimum absolute atomic E-state index is 0.124. The average molecular weight is 398 g/mol. The van der Waals surface area contributed by atoms with Crippen LogP contribution in [0.4, 0.5) is 8.78 Å². The highest BCUT2D eigenvalue weighted by molar-refractivity contribution is 6.09. The van der Waals surface area contributed by atoms with Crippen molar-refractivity contribution in [1.29, 1.82) is 0 Å². The third-order valence-electron chi connectivity index (χ3n) is 3.79. The summed E-state index contributed by atoms with van der Waals surface area (Å²) in [7, 11) is 0. The van der Waals surface area contributed by atoms with E-state index in [0.717, 1.165) is 6.08 Å². The van der Waals surface area contributed by atoms with Gasteiger partial charge in [-0.15, -0.1) is 0 Å². The molecule has 0 aliphatic heterocycles. The molecule has 0 unspecified atom stereocenters. The van der Waals surface area contributed by atoms with Crippen LogP contribution in [0.1, 0.15) is 24.5 Å². The predicted octanol–water partition coefficient (Wildman–Crippen LogP) is 5.03. The van der Waals surface area contributed by atoms with Gasteiger partial charge >= 0.3 is 5.97 Å². The SMILES string of the molecule is CCOC(=O)CC(C(=O)C=Cc1cccc(F)c1)=C(O)/C=C/c1cccc(F)c1. The summed E-state index contributed by atoms with van der Waals surface area (Å²) in [4.78, 5) is 24.4. The summed E-state index contributed by atoms with van der Waals surface area (Å²) in [5.74, 6) is -2.67. The highest BCUT2D eigenvalue weighted by Crippen LogP contribution is 2.15. The molecule has 150 valence electrons. The summed E-state index contributed by atoms with van der Waals surface area (Å²) in [5.41, 5.74) is 0.724. The molecule has 2 aromatic carbocycles. The van der Waals surface area contributed by atoms with Crippen LogP contribution in [0.15, 0.2) is 72.0 Å². The topological polar surface area (TPSA) is 63.6 Å². The molecule has 0 bridgehead atoms. The highest BCUT2D eigenvalue weighted by Gasteiger charge is 2.17. The summed E-state index contributed by atoms with van der Waals surface area (Å²) >= 11 is 0. The molecule has 6 heteroatoms. The molecule has 0 aliphatic carbocycles. The van der Waals surface area contributed by atoms with Gasteiger partial charge in [-0.3, -0.25) is 9.59 Å². The molecule has 4 nitrogen and oxygen atoms in total. The quantitative estimate of drug-likeness (QED) is 0.293. The van der Waals surface area contributed by atoms with E-state index < -0.39 is 35.6 Å². The van der Waals surface area contributed by atoms with E-state index in [1.54, 1.807) is 19.1 Å². The second-order valence-electron chi connectivity index (χ2n) is 5.99. The summed E-state index contributed by atoms with van der Waals surface area (Å²) in [6.45, 7) is 1.75. The van der Waals surface area contributed by atoms with E-state index in [1.165, 1.54) is 54.6 Å². The van der Waals surface area contributed by atoms with Gasteiger partial charge in [0.05, 0.1) is 18.6 Å². The Morgan fingerprint density at radius 3 is 2.03 bits per heavy atom. The smallest absolute Gasteiger partial charge is 0.310 e. The largest absolute Gasteiger partial charge is 0.508 e. The van der Waals surface area contributed by atoms with E-state index in [0.29, 0.717) is 11.1 Å². The Bertz CT molecular complexity index is 974. The van der Waals surface area contributed by atoms with Crippen molar-refractivity contribution in [3.05, 3.63) is 94.8 Å². The van der Waals surface area contributed by atoms with Crippen LogP contribution in [0.3, 0.4) is 0 Å². The molecular weight excluding hydrogens is 378 g/mol. The van der Waals surface area contributed by atoms with Gasteiger partial charge in [0.1, 0.15) is 17.4 Å². The van der Waals surface area contributed by atoms with Gasteiger partial charge in [-0.25, -0.2) is 8.78 Å². The molecule has 29 heavy (non-hydrogen) atoms. The highest BCUT2D eigenvalue weighted by atomic mass is 19.1. The third kappa shape index (κ3) is 7.18. The fraction of sp³-hybridized carbons (Fsp3) is 0.130. The van der Waals surface area contributed by atoms with Crippen LogP contribution < -0.4 is 0 Å². The number of hydrogen-bond acceptors (Lipinski definition) is 4. The maximum Gasteiger partial charge on any atom is 0.310 e. The normalized spacial score (nSPS) is 12.2. The molecule has 0 atom stereocenters. The Balaban J connectivity index is 2.29. The van der Waals surface area contributed by atoms with Gasteiger partial charge in [0.25, 0.3) is 0 Å². The molecule has 2 rings (SSSR count). The van der Waals surface area contributed by atoms with E-state index in [4.69, 9.17) is 4.74 Å². The van der Waals surface area contributed by atoms with Crippen molar-refractivity contribution in [2.24, 2.45) is 0 Å². The summed E-state index contributed by atoms with van der Waals surface area (Å²) in [6.07, 6.45) is 4.68. The Kier molecular flexibility index (Phi) is 8.03. The second-order valence-corrected chi connectivity index (χ2v) is 5.99. The van der Waals surface area contributed by atoms with Crippen LogP contribution in [0.25, 0.3) is 12.2 Å². The Labute approximate surface area is 167 Å². The zero-order valence-corrected chi connectivity index (χ0v) is 15.8. The molecule has 0 aromatic heterocycles. The lowest BCUT2D eigenvalue weighted by atomic mass is 10.0. The molecule has 0 spiro atoms. The number of allylic oxidation sites excluding steroid dienone is 2. The maximum absolute atomic E-state index is 13.3. The molecular formula is C23H20F2O4. The van der Waals surface area contributed by atoms with Crippen LogP contribution in [-0.4, -0.2) is 23.5 Å². The lowest BCUT2D eigenvalue weighted by Gasteiger charge is -2.06. The van der Waals surface area contributed by atoms with Crippen molar-refractivity contribution in [3.63, 3.8) is 0 Å². The number of ether oxygens (including phenoxy) is 1. The van der Waals surface area contributed by atoms with E-state index in [2.05, 4.69) is 0 Å². The molecule has 0 saturated carbocycles. The Morgan fingerprint density at radius 1 is 0.966 bits per heavy atom. The number of carbonyl (C=O) groups excluding carboxylic acids is 2. The Morgan fingerprint density at radius 2 is 1.52 bits per heavy atom. The van der Waals surface area contributed by atoms with Gasteiger partial charge < -0.3 is 9.84 Å². The van der Waals surface area contributed by atoms with Crippen molar-refractivity contribution < 1.29 is 28.2 Å². The number of halogens is 2. The number of hydrogen-bond donors (Lipinski definition) is 1. The van der Waals surface area contributed by atoms with Crippen molar-refractivity contribution >= 4 is 23.9 Å². The van der Waals surface area contributed by atoms with Crippen LogP contribution in [0.2, 0.25) is 0 Å². The van der Waals surface area contributed by atoms with Gasteiger partial charge in [-0.05, 0) is 54.5 Å². The monoisotopic (exact) mass is 398 g/mol. The number of carbonyl (C=O) groups is 2. The fourth-order valence-electron chi connectivity index (χ4n) is 2.43. The van der Waals surface area contributed by atoms with Crippen molar-refractivity contribution in [2.45, 2.75) is 13.3 Å². The minimum atomic E-state index is -0.680. The second kappa shape index (κ2) is 10.7. The molecule has 0 saturated heterocycles. The predicted molar refractivity (Wildman–Crippen MR) is 107 cm³/mol. The molecule has 0 radical (unpaired) electrons. The van der Waals surface area contributed by atoms with Gasteiger partial charge in [0.2, 0.25) is 0 Å². The first kappa shape index (κ1) is 21.8. The number of aliphatic hydroxyl groups excluding tert-OH is 1. The summed E-state index contributed by atoms with van der Waals surface area (Å²) in [6, 6.07) is 11.3. The number of esters is 1. The number of benzene rings is 2. The van der Waals surface area contributed by atoms with Gasteiger partial charge in [0, 0.05) is 0 Å². The minimum Gasteiger partial charge on any atom is -0.508 e. The molecule has 0 amide bonds. The lowest BCUT2D eigenvalue weighted by Crippen LogP contribution is -2.11. The van der Waals surface area contributed by atoms with Crippen LogP contribution in [-0.2, 0) is 14.3 Å². The zero-order chi connectivity index (χ0) is 21.2. The molecule has 0 aliphatic rings. The van der Waals surface area contributed by atoms with Gasteiger partial charge in [-0.1, -0.05) is 36.4 Å². The molecule has 2 aromatic rings. The van der Waals surface area contributed by atoms with Gasteiger partial charge in [-0.2, -0.15) is 0 Å². The maximum atomic E-state index is 13.3. The van der Waals surface area contributed by atoms with Crippen molar-refractivity contribution in [1.82, 2.24) is 0 Å². The molecule has 1 N–H and O–H groups in total. The summed E-state index contributed by atoms with van der Waals surface area (Å²) < 4.78 is 31.4. The number of rotatable bonds is 8. The molecule has 0 fully saturated rings. The number of aliphatic hydroxyl groups is 1. The standard InChI is InChI=1S/C23H20F2O4/c1-2-29-23(28)15-20(21(26)11-9-16-5-3-7-18(24)13-16)22(27)12-10-17-6-4-8-19(25)14-17/h3-14,26H,2,15H2,1H3/b11-9+,12-10?,21-20?. The summed E-state index contributed by atoms with van der Waals surface area (Å²) in [5, 5.41) is 10.3. The van der Waals surface area contributed by atoms with E-state index in [-0.39, 0.29) is 12.2 Å². The number of ketones is 1.